The van der Waals surface area contributed by atoms with Gasteiger partial charge < -0.3 is 20.0 Å². The fourth-order valence-corrected chi connectivity index (χ4v) is 4.14. The zero-order chi connectivity index (χ0) is 22.7. The molecule has 1 saturated heterocycles. The van der Waals surface area contributed by atoms with E-state index in [1.807, 2.05) is 43.4 Å². The molecule has 1 aromatic carbocycles. The second kappa shape index (κ2) is 9.20. The molecule has 2 atom stereocenters. The highest BCUT2D eigenvalue weighted by Gasteiger charge is 2.33. The first-order valence-corrected chi connectivity index (χ1v) is 11.5. The molecule has 2 aromatic rings. The SMILES string of the molecule is CCC(C)c1ccc(C2(N)C=C(N(C)C)NC(N3CCN(c4ccccn4)CC3)=N2)cc1. The Balaban J connectivity index is 1.56. The molecule has 0 radical (unpaired) electrons. The Morgan fingerprint density at radius 1 is 1.06 bits per heavy atom. The van der Waals surface area contributed by atoms with Gasteiger partial charge in [-0.05, 0) is 35.6 Å². The molecule has 0 spiro atoms. The summed E-state index contributed by atoms with van der Waals surface area (Å²) in [6.07, 6.45) is 4.98. The minimum Gasteiger partial charge on any atom is -0.364 e. The van der Waals surface area contributed by atoms with Crippen molar-refractivity contribution in [3.8, 4) is 0 Å². The van der Waals surface area contributed by atoms with E-state index in [1.165, 1.54) is 5.56 Å². The van der Waals surface area contributed by atoms with Gasteiger partial charge in [-0.25, -0.2) is 9.98 Å². The maximum absolute atomic E-state index is 6.91. The topological polar surface area (TPSA) is 73.0 Å². The van der Waals surface area contributed by atoms with Gasteiger partial charge in [0.05, 0.1) is 0 Å². The van der Waals surface area contributed by atoms with Crippen molar-refractivity contribution in [2.75, 3.05) is 45.2 Å². The number of rotatable bonds is 5. The lowest BCUT2D eigenvalue weighted by Crippen LogP contribution is -2.56. The van der Waals surface area contributed by atoms with E-state index < -0.39 is 5.66 Å². The van der Waals surface area contributed by atoms with Crippen LogP contribution in [0.4, 0.5) is 5.82 Å². The molecular weight excluding hydrogens is 398 g/mol. The highest BCUT2D eigenvalue weighted by atomic mass is 15.4. The van der Waals surface area contributed by atoms with Crippen LogP contribution in [0.1, 0.15) is 37.3 Å². The van der Waals surface area contributed by atoms with Crippen LogP contribution in [0, 0.1) is 0 Å². The van der Waals surface area contributed by atoms with Crippen LogP contribution < -0.4 is 16.0 Å². The first-order chi connectivity index (χ1) is 15.4. The summed E-state index contributed by atoms with van der Waals surface area (Å²) in [6.45, 7) is 7.95. The molecular formula is C25H35N7. The highest BCUT2D eigenvalue weighted by Crippen LogP contribution is 2.29. The van der Waals surface area contributed by atoms with Gasteiger partial charge >= 0.3 is 0 Å². The summed E-state index contributed by atoms with van der Waals surface area (Å²) in [5, 5.41) is 3.49. The molecule has 0 amide bonds. The van der Waals surface area contributed by atoms with E-state index in [9.17, 15) is 0 Å². The summed E-state index contributed by atoms with van der Waals surface area (Å²) >= 11 is 0. The molecule has 32 heavy (non-hydrogen) atoms. The highest BCUT2D eigenvalue weighted by molar-refractivity contribution is 5.83. The van der Waals surface area contributed by atoms with Gasteiger partial charge in [-0.3, -0.25) is 5.73 Å². The Kier molecular flexibility index (Phi) is 6.37. The van der Waals surface area contributed by atoms with Crippen molar-refractivity contribution in [2.45, 2.75) is 31.8 Å². The Labute approximate surface area is 191 Å². The molecule has 2 unspecified atom stereocenters. The first-order valence-electron chi connectivity index (χ1n) is 11.5. The van der Waals surface area contributed by atoms with E-state index >= 15 is 0 Å². The molecule has 3 N–H and O–H groups in total. The Morgan fingerprint density at radius 3 is 2.34 bits per heavy atom. The Morgan fingerprint density at radius 2 is 1.75 bits per heavy atom. The van der Waals surface area contributed by atoms with Gasteiger partial charge in [0.25, 0.3) is 0 Å². The third-order valence-corrected chi connectivity index (χ3v) is 6.48. The average Bonchev–Trinajstić information content (AvgIpc) is 2.84. The van der Waals surface area contributed by atoms with E-state index in [-0.39, 0.29) is 0 Å². The predicted octanol–water partition coefficient (Wildman–Crippen LogP) is 2.89. The van der Waals surface area contributed by atoms with Crippen LogP contribution >= 0.6 is 0 Å². The number of nitrogens with two attached hydrogens (primary N) is 1. The summed E-state index contributed by atoms with van der Waals surface area (Å²) in [6, 6.07) is 14.7. The van der Waals surface area contributed by atoms with Crippen molar-refractivity contribution in [3.63, 3.8) is 0 Å². The molecule has 1 fully saturated rings. The van der Waals surface area contributed by atoms with Crippen molar-refractivity contribution in [1.82, 2.24) is 20.1 Å². The molecule has 2 aliphatic rings. The van der Waals surface area contributed by atoms with Crippen LogP contribution in [0.2, 0.25) is 0 Å². The number of nitrogens with zero attached hydrogens (tertiary/aromatic N) is 5. The van der Waals surface area contributed by atoms with Gasteiger partial charge in [-0.15, -0.1) is 0 Å². The number of hydrogen-bond acceptors (Lipinski definition) is 7. The number of aromatic nitrogens is 1. The Hall–Kier alpha value is -3.06. The van der Waals surface area contributed by atoms with Gasteiger partial charge in [-0.2, -0.15) is 0 Å². The molecule has 0 aliphatic carbocycles. The smallest absolute Gasteiger partial charge is 0.202 e. The van der Waals surface area contributed by atoms with Crippen molar-refractivity contribution < 1.29 is 0 Å². The number of guanidine groups is 1. The molecule has 0 bridgehead atoms. The monoisotopic (exact) mass is 433 g/mol. The summed E-state index contributed by atoms with van der Waals surface area (Å²) in [5.41, 5.74) is 8.32. The fraction of sp³-hybridized carbons (Fsp3) is 0.440. The third kappa shape index (κ3) is 4.58. The first kappa shape index (κ1) is 22.1. The Bertz CT molecular complexity index is 960. The van der Waals surface area contributed by atoms with Crippen LogP contribution in [-0.2, 0) is 5.66 Å². The average molecular weight is 434 g/mol. The third-order valence-electron chi connectivity index (χ3n) is 6.48. The molecule has 0 saturated carbocycles. The van der Waals surface area contributed by atoms with Gasteiger partial charge in [0.2, 0.25) is 5.96 Å². The van der Waals surface area contributed by atoms with E-state index in [2.05, 4.69) is 64.3 Å². The zero-order valence-electron chi connectivity index (χ0n) is 19.6. The van der Waals surface area contributed by atoms with Gasteiger partial charge in [0.15, 0.2) is 5.66 Å². The minimum atomic E-state index is -0.910. The molecule has 3 heterocycles. The van der Waals surface area contributed by atoms with E-state index in [4.69, 9.17) is 10.7 Å². The summed E-state index contributed by atoms with van der Waals surface area (Å²) in [5.74, 6) is 3.34. The second-order valence-electron chi connectivity index (χ2n) is 8.90. The fourth-order valence-electron chi connectivity index (χ4n) is 4.14. The van der Waals surface area contributed by atoms with Crippen molar-refractivity contribution >= 4 is 11.8 Å². The molecule has 170 valence electrons. The number of hydrogen-bond donors (Lipinski definition) is 2. The molecule has 7 nitrogen and oxygen atoms in total. The summed E-state index contributed by atoms with van der Waals surface area (Å²) < 4.78 is 0. The van der Waals surface area contributed by atoms with Crippen molar-refractivity contribution in [3.05, 3.63) is 71.7 Å². The maximum atomic E-state index is 6.91. The van der Waals surface area contributed by atoms with Crippen molar-refractivity contribution in [2.24, 2.45) is 10.7 Å². The number of nitrogens with one attached hydrogen (secondary N) is 1. The quantitative estimate of drug-likeness (QED) is 0.755. The predicted molar refractivity (Wildman–Crippen MR) is 131 cm³/mol. The number of benzene rings is 1. The van der Waals surface area contributed by atoms with Crippen LogP contribution in [0.15, 0.2) is 65.6 Å². The molecule has 7 heteroatoms. The van der Waals surface area contributed by atoms with Gasteiger partial charge in [0, 0.05) is 52.5 Å². The van der Waals surface area contributed by atoms with Gasteiger partial charge in [0.1, 0.15) is 11.6 Å². The van der Waals surface area contributed by atoms with Crippen LogP contribution in [-0.4, -0.2) is 61.0 Å². The molecule has 4 rings (SSSR count). The molecule has 2 aliphatic heterocycles. The van der Waals surface area contributed by atoms with Crippen LogP contribution in [0.3, 0.4) is 0 Å². The minimum absolute atomic E-state index is 0.535. The summed E-state index contributed by atoms with van der Waals surface area (Å²) in [7, 11) is 4.04. The largest absolute Gasteiger partial charge is 0.364 e. The van der Waals surface area contributed by atoms with E-state index in [1.54, 1.807) is 0 Å². The number of pyridine rings is 1. The van der Waals surface area contributed by atoms with Crippen LogP contribution in [0.5, 0.6) is 0 Å². The normalized spacial score (nSPS) is 22.0. The summed E-state index contributed by atoms with van der Waals surface area (Å²) in [4.78, 5) is 16.1. The van der Waals surface area contributed by atoms with E-state index in [0.29, 0.717) is 5.92 Å². The van der Waals surface area contributed by atoms with E-state index in [0.717, 1.165) is 55.8 Å². The lowest BCUT2D eigenvalue weighted by atomic mass is 9.93. The number of aliphatic imine (C=N–C) groups is 1. The number of anilines is 1. The number of piperazine rings is 1. The molecule has 1 aromatic heterocycles. The van der Waals surface area contributed by atoms with Crippen molar-refractivity contribution in [1.29, 1.82) is 0 Å². The standard InChI is InChI=1S/C25H35N7/c1-5-19(2)20-9-11-21(12-10-20)25(26)18-23(30(3)4)28-24(29-25)32-16-14-31(15-17-32)22-8-6-7-13-27-22/h6-13,18-19H,5,14-17,26H2,1-4H3,(H,28,29). The zero-order valence-corrected chi connectivity index (χ0v) is 19.6. The lowest BCUT2D eigenvalue weighted by molar-refractivity contribution is 0.352. The van der Waals surface area contributed by atoms with Gasteiger partial charge in [-0.1, -0.05) is 44.2 Å². The second-order valence-corrected chi connectivity index (χ2v) is 8.90. The van der Waals surface area contributed by atoms with Crippen LogP contribution in [0.25, 0.3) is 0 Å². The lowest BCUT2D eigenvalue weighted by Gasteiger charge is -2.41. The maximum Gasteiger partial charge on any atom is 0.202 e.